The summed E-state index contributed by atoms with van der Waals surface area (Å²) in [5.41, 5.74) is 9.24. The van der Waals surface area contributed by atoms with Crippen LogP contribution in [0.5, 0.6) is 0 Å². The van der Waals surface area contributed by atoms with Crippen molar-refractivity contribution in [3.05, 3.63) is 82.3 Å². The van der Waals surface area contributed by atoms with Crippen molar-refractivity contribution in [1.29, 1.82) is 5.26 Å². The third-order valence-corrected chi connectivity index (χ3v) is 8.03. The molecule has 0 bridgehead atoms. The molecule has 0 unspecified atom stereocenters. The number of carbonyl (C=O) groups excluding carboxylic acids is 1. The van der Waals surface area contributed by atoms with E-state index in [-0.39, 0.29) is 32.5 Å². The van der Waals surface area contributed by atoms with Gasteiger partial charge in [0.05, 0.1) is 37.6 Å². The van der Waals surface area contributed by atoms with Gasteiger partial charge < -0.3 is 20.7 Å². The van der Waals surface area contributed by atoms with Gasteiger partial charge in [-0.2, -0.15) is 5.26 Å². The van der Waals surface area contributed by atoms with Gasteiger partial charge in [-0.05, 0) is 23.8 Å². The lowest BCUT2D eigenvalue weighted by Gasteiger charge is -2.31. The fraction of sp³-hybridized carbons (Fsp3) is 0.172. The van der Waals surface area contributed by atoms with Gasteiger partial charge in [-0.3, -0.25) is 4.98 Å². The molecule has 0 saturated carbocycles. The Balaban J connectivity index is 1.62. The first kappa shape index (κ1) is 26.0. The second-order valence-corrected chi connectivity index (χ2v) is 10.7. The SMILES string of the molecule is N#Cc1cnc2c(C(=O)OCc3ccccc3)c(-c3ccc(F)c4sc(N)nc34)c(Cl)cc2c1N1CCNCC1. The third-order valence-electron chi connectivity index (χ3n) is 6.84. The Kier molecular flexibility index (Phi) is 6.94. The maximum absolute atomic E-state index is 14.7. The number of hydrogen-bond donors (Lipinski definition) is 2. The highest BCUT2D eigenvalue weighted by molar-refractivity contribution is 7.22. The van der Waals surface area contributed by atoms with E-state index in [0.717, 1.165) is 30.0 Å². The van der Waals surface area contributed by atoms with Crippen molar-refractivity contribution in [2.45, 2.75) is 6.61 Å². The van der Waals surface area contributed by atoms with Crippen LogP contribution >= 0.6 is 22.9 Å². The van der Waals surface area contributed by atoms with Crippen LogP contribution in [0.2, 0.25) is 5.02 Å². The zero-order valence-electron chi connectivity index (χ0n) is 21.1. The van der Waals surface area contributed by atoms with Crippen LogP contribution in [0.25, 0.3) is 32.2 Å². The number of halogens is 2. The number of nitrogen functional groups attached to an aromatic ring is 1. The lowest BCUT2D eigenvalue weighted by molar-refractivity contribution is 0.0475. The molecule has 1 aliphatic heterocycles. The number of nitriles is 1. The Hall–Kier alpha value is -4.30. The van der Waals surface area contributed by atoms with Crippen molar-refractivity contribution >= 4 is 60.8 Å². The summed E-state index contributed by atoms with van der Waals surface area (Å²) in [6.45, 7) is 2.84. The predicted molar refractivity (Wildman–Crippen MR) is 155 cm³/mol. The molecule has 0 radical (unpaired) electrons. The topological polar surface area (TPSA) is 117 Å². The van der Waals surface area contributed by atoms with Gasteiger partial charge in [-0.1, -0.05) is 53.3 Å². The smallest absolute Gasteiger partial charge is 0.341 e. The first-order chi connectivity index (χ1) is 19.5. The zero-order chi connectivity index (χ0) is 27.8. The number of piperazine rings is 1. The highest BCUT2D eigenvalue weighted by Gasteiger charge is 2.28. The normalized spacial score (nSPS) is 13.5. The Labute approximate surface area is 237 Å². The number of rotatable bonds is 5. The van der Waals surface area contributed by atoms with E-state index in [1.165, 1.54) is 18.3 Å². The highest BCUT2D eigenvalue weighted by Crippen LogP contribution is 2.44. The Morgan fingerprint density at radius 2 is 1.98 bits per heavy atom. The molecule has 8 nitrogen and oxygen atoms in total. The second-order valence-electron chi connectivity index (χ2n) is 9.26. The molecule has 0 atom stereocenters. The summed E-state index contributed by atoms with van der Waals surface area (Å²) < 4.78 is 20.7. The summed E-state index contributed by atoms with van der Waals surface area (Å²) in [4.78, 5) is 24.9. The minimum atomic E-state index is -0.657. The van der Waals surface area contributed by atoms with E-state index < -0.39 is 11.8 Å². The number of hydrogen-bond acceptors (Lipinski definition) is 9. The molecule has 200 valence electrons. The van der Waals surface area contributed by atoms with Crippen LogP contribution in [-0.4, -0.2) is 42.1 Å². The van der Waals surface area contributed by atoms with Crippen molar-refractivity contribution in [3.8, 4) is 17.2 Å². The monoisotopic (exact) mass is 572 g/mol. The molecule has 2 aromatic heterocycles. The summed E-state index contributed by atoms with van der Waals surface area (Å²) >= 11 is 7.97. The number of esters is 1. The third kappa shape index (κ3) is 4.58. The Morgan fingerprint density at radius 1 is 1.20 bits per heavy atom. The van der Waals surface area contributed by atoms with E-state index in [4.69, 9.17) is 22.1 Å². The van der Waals surface area contributed by atoms with Crippen LogP contribution in [0.15, 0.2) is 54.7 Å². The number of nitrogens with one attached hydrogen (secondary N) is 1. The lowest BCUT2D eigenvalue weighted by Crippen LogP contribution is -2.44. The molecular formula is C29H22ClFN6O2S. The summed E-state index contributed by atoms with van der Waals surface area (Å²) in [7, 11) is 0. The Bertz CT molecular complexity index is 1820. The number of nitrogens with zero attached hydrogens (tertiary/aromatic N) is 4. The van der Waals surface area contributed by atoms with Crippen LogP contribution < -0.4 is 16.0 Å². The van der Waals surface area contributed by atoms with E-state index >= 15 is 0 Å². The van der Waals surface area contributed by atoms with Crippen molar-refractivity contribution in [3.63, 3.8) is 0 Å². The summed E-state index contributed by atoms with van der Waals surface area (Å²) in [6, 6.07) is 16.1. The van der Waals surface area contributed by atoms with Crippen LogP contribution in [0.1, 0.15) is 21.5 Å². The molecular weight excluding hydrogens is 551 g/mol. The molecule has 3 N–H and O–H groups in total. The molecule has 0 aliphatic carbocycles. The first-order valence-electron chi connectivity index (χ1n) is 12.5. The minimum Gasteiger partial charge on any atom is -0.457 e. The zero-order valence-corrected chi connectivity index (χ0v) is 22.7. The van der Waals surface area contributed by atoms with Crippen molar-refractivity contribution in [2.24, 2.45) is 0 Å². The van der Waals surface area contributed by atoms with Crippen LogP contribution in [0.4, 0.5) is 15.2 Å². The maximum atomic E-state index is 14.7. The number of pyridine rings is 1. The fourth-order valence-electron chi connectivity index (χ4n) is 5.05. The first-order valence-corrected chi connectivity index (χ1v) is 13.7. The average molecular weight is 573 g/mol. The van der Waals surface area contributed by atoms with E-state index in [1.54, 1.807) is 6.07 Å². The van der Waals surface area contributed by atoms with Gasteiger partial charge in [0.15, 0.2) is 5.13 Å². The van der Waals surface area contributed by atoms with Gasteiger partial charge in [0.2, 0.25) is 0 Å². The van der Waals surface area contributed by atoms with Crippen molar-refractivity contribution in [1.82, 2.24) is 15.3 Å². The van der Waals surface area contributed by atoms with Crippen molar-refractivity contribution < 1.29 is 13.9 Å². The molecule has 3 heterocycles. The Morgan fingerprint density at radius 3 is 2.73 bits per heavy atom. The average Bonchev–Trinajstić information content (AvgIpc) is 3.38. The second kappa shape index (κ2) is 10.7. The molecule has 11 heteroatoms. The van der Waals surface area contributed by atoms with E-state index in [0.29, 0.717) is 46.4 Å². The highest BCUT2D eigenvalue weighted by atomic mass is 35.5. The van der Waals surface area contributed by atoms with E-state index in [2.05, 4.69) is 26.3 Å². The van der Waals surface area contributed by atoms with Gasteiger partial charge in [-0.25, -0.2) is 14.2 Å². The maximum Gasteiger partial charge on any atom is 0.341 e. The lowest BCUT2D eigenvalue weighted by atomic mass is 9.94. The van der Waals surface area contributed by atoms with Crippen LogP contribution in [0, 0.1) is 17.1 Å². The van der Waals surface area contributed by atoms with Crippen LogP contribution in [-0.2, 0) is 11.3 Å². The van der Waals surface area contributed by atoms with Gasteiger partial charge >= 0.3 is 5.97 Å². The molecule has 3 aromatic carbocycles. The number of fused-ring (bicyclic) bond motifs is 2. The number of nitrogens with two attached hydrogens (primary N) is 1. The molecule has 0 spiro atoms. The van der Waals surface area contributed by atoms with Gasteiger partial charge in [0.1, 0.15) is 18.5 Å². The number of carbonyl (C=O) groups is 1. The van der Waals surface area contributed by atoms with Gasteiger partial charge in [0.25, 0.3) is 0 Å². The van der Waals surface area contributed by atoms with Gasteiger partial charge in [-0.15, -0.1) is 0 Å². The number of anilines is 2. The fourth-order valence-corrected chi connectivity index (χ4v) is 6.12. The standard InChI is InChI=1S/C29H22ClFN6O2S/c30-20-12-19-24(35-14-17(13-32)26(19)37-10-8-34-9-11-37)23(28(38)39-15-16-4-2-1-3-5-16)22(20)18-6-7-21(31)27-25(18)36-29(33)40-27/h1-7,12,14,34H,8-11,15H2,(H2,33,36). The minimum absolute atomic E-state index is 0.0243. The number of benzene rings is 3. The van der Waals surface area contributed by atoms with Gasteiger partial charge in [0, 0.05) is 48.9 Å². The number of ether oxygens (including phenoxy) is 1. The van der Waals surface area contributed by atoms with Crippen molar-refractivity contribution in [2.75, 3.05) is 36.8 Å². The molecule has 1 fully saturated rings. The molecule has 1 aliphatic rings. The molecule has 6 rings (SSSR count). The molecule has 1 saturated heterocycles. The molecule has 40 heavy (non-hydrogen) atoms. The summed E-state index contributed by atoms with van der Waals surface area (Å²) in [5, 5.41) is 14.2. The predicted octanol–water partition coefficient (Wildman–Crippen LogP) is 5.52. The van der Waals surface area contributed by atoms with E-state index in [9.17, 15) is 14.4 Å². The molecule has 5 aromatic rings. The molecule has 0 amide bonds. The quantitative estimate of drug-likeness (QED) is 0.264. The number of thiazole rings is 1. The number of aromatic nitrogens is 2. The van der Waals surface area contributed by atoms with Crippen LogP contribution in [0.3, 0.4) is 0 Å². The largest absolute Gasteiger partial charge is 0.457 e. The summed E-state index contributed by atoms with van der Waals surface area (Å²) in [6.07, 6.45) is 1.46. The summed E-state index contributed by atoms with van der Waals surface area (Å²) in [5.74, 6) is -1.13. The van der Waals surface area contributed by atoms with E-state index in [1.807, 2.05) is 30.3 Å².